The molecule has 0 aliphatic heterocycles. The number of H-pyrrole nitrogens is 1. The van der Waals surface area contributed by atoms with Crippen LogP contribution in [-0.4, -0.2) is 20.5 Å². The van der Waals surface area contributed by atoms with Gasteiger partial charge in [-0.2, -0.15) is 0 Å². The summed E-state index contributed by atoms with van der Waals surface area (Å²) in [6.07, 6.45) is 3.70. The number of nitrogens with zero attached hydrogens (tertiary/aromatic N) is 2. The van der Waals surface area contributed by atoms with E-state index in [1.165, 1.54) is 5.39 Å². The predicted molar refractivity (Wildman–Crippen MR) is 85.9 cm³/mol. The maximum absolute atomic E-state index is 4.49. The van der Waals surface area contributed by atoms with Gasteiger partial charge < -0.3 is 10.3 Å². The third kappa shape index (κ3) is 3.11. The van der Waals surface area contributed by atoms with Crippen LogP contribution in [0.15, 0.2) is 42.7 Å². The second kappa shape index (κ2) is 5.30. The van der Waals surface area contributed by atoms with Crippen molar-refractivity contribution in [3.05, 3.63) is 48.4 Å². The highest BCUT2D eigenvalue weighted by Gasteiger charge is 2.12. The van der Waals surface area contributed by atoms with E-state index < -0.39 is 0 Å². The predicted octanol–water partition coefficient (Wildman–Crippen LogP) is 3.51. The van der Waals surface area contributed by atoms with Gasteiger partial charge in [-0.3, -0.25) is 4.98 Å². The maximum atomic E-state index is 4.49. The van der Waals surface area contributed by atoms with E-state index >= 15 is 0 Å². The van der Waals surface area contributed by atoms with Gasteiger partial charge in [-0.05, 0) is 32.2 Å². The Morgan fingerprint density at radius 2 is 1.90 bits per heavy atom. The van der Waals surface area contributed by atoms with E-state index in [1.807, 2.05) is 30.6 Å². The van der Waals surface area contributed by atoms with Crippen molar-refractivity contribution < 1.29 is 0 Å². The zero-order valence-electron chi connectivity index (χ0n) is 12.6. The fourth-order valence-electron chi connectivity index (χ4n) is 2.24. The zero-order valence-corrected chi connectivity index (χ0v) is 12.6. The average molecular weight is 280 g/mol. The van der Waals surface area contributed by atoms with Crippen LogP contribution in [0.2, 0.25) is 0 Å². The van der Waals surface area contributed by atoms with Gasteiger partial charge in [0.05, 0.1) is 6.20 Å². The molecule has 0 saturated carbocycles. The second-order valence-corrected chi connectivity index (χ2v) is 6.24. The quantitative estimate of drug-likeness (QED) is 0.772. The number of hydrogen-bond donors (Lipinski definition) is 2. The van der Waals surface area contributed by atoms with Crippen LogP contribution < -0.4 is 5.32 Å². The lowest BCUT2D eigenvalue weighted by molar-refractivity contribution is 0.422. The number of rotatable bonds is 3. The minimum atomic E-state index is 0.0863. The Hall–Kier alpha value is -2.20. The SMILES string of the molecule is CC(C)(C)NCc1cnc(-c2nccc3ccccc23)[nH]1. The van der Waals surface area contributed by atoms with Gasteiger partial charge in [-0.25, -0.2) is 4.98 Å². The second-order valence-electron chi connectivity index (χ2n) is 6.24. The molecule has 0 aliphatic carbocycles. The highest BCUT2D eigenvalue weighted by atomic mass is 15.0. The van der Waals surface area contributed by atoms with Crippen molar-refractivity contribution in [1.82, 2.24) is 20.3 Å². The molecule has 3 rings (SSSR count). The smallest absolute Gasteiger partial charge is 0.156 e. The van der Waals surface area contributed by atoms with Crippen LogP contribution in [0.25, 0.3) is 22.3 Å². The number of hydrogen-bond acceptors (Lipinski definition) is 3. The molecule has 2 aromatic heterocycles. The summed E-state index contributed by atoms with van der Waals surface area (Å²) in [5, 5.41) is 5.74. The van der Waals surface area contributed by atoms with Crippen molar-refractivity contribution in [2.45, 2.75) is 32.9 Å². The van der Waals surface area contributed by atoms with E-state index in [2.05, 4.69) is 53.2 Å². The Bertz CT molecular complexity index is 747. The van der Waals surface area contributed by atoms with E-state index in [9.17, 15) is 0 Å². The van der Waals surface area contributed by atoms with E-state index in [4.69, 9.17) is 0 Å². The van der Waals surface area contributed by atoms with Gasteiger partial charge >= 0.3 is 0 Å². The minimum absolute atomic E-state index is 0.0863. The van der Waals surface area contributed by atoms with Crippen molar-refractivity contribution in [3.8, 4) is 11.5 Å². The first-order valence-electron chi connectivity index (χ1n) is 7.16. The minimum Gasteiger partial charge on any atom is -0.339 e. The van der Waals surface area contributed by atoms with Crippen LogP contribution in [0.3, 0.4) is 0 Å². The van der Waals surface area contributed by atoms with Gasteiger partial charge in [0, 0.05) is 29.4 Å². The Balaban J connectivity index is 1.92. The molecule has 2 heterocycles. The Labute approximate surface area is 124 Å². The van der Waals surface area contributed by atoms with E-state index in [1.54, 1.807) is 0 Å². The van der Waals surface area contributed by atoms with Crippen LogP contribution in [0.5, 0.6) is 0 Å². The molecule has 4 heteroatoms. The van der Waals surface area contributed by atoms with Crippen molar-refractivity contribution >= 4 is 10.8 Å². The van der Waals surface area contributed by atoms with Gasteiger partial charge in [0.15, 0.2) is 5.82 Å². The van der Waals surface area contributed by atoms with Crippen molar-refractivity contribution in [1.29, 1.82) is 0 Å². The monoisotopic (exact) mass is 280 g/mol. The van der Waals surface area contributed by atoms with Gasteiger partial charge in [-0.15, -0.1) is 0 Å². The number of aromatic nitrogens is 3. The van der Waals surface area contributed by atoms with Gasteiger partial charge in [0.1, 0.15) is 5.69 Å². The first-order valence-corrected chi connectivity index (χ1v) is 7.16. The molecule has 0 atom stereocenters. The lowest BCUT2D eigenvalue weighted by Gasteiger charge is -2.19. The molecule has 0 spiro atoms. The van der Waals surface area contributed by atoms with E-state index in [-0.39, 0.29) is 5.54 Å². The average Bonchev–Trinajstić information content (AvgIpc) is 2.92. The molecule has 0 bridgehead atoms. The number of benzene rings is 1. The summed E-state index contributed by atoms with van der Waals surface area (Å²) < 4.78 is 0. The zero-order chi connectivity index (χ0) is 14.9. The summed E-state index contributed by atoms with van der Waals surface area (Å²) in [6, 6.07) is 10.2. The number of fused-ring (bicyclic) bond motifs is 1. The highest BCUT2D eigenvalue weighted by molar-refractivity contribution is 5.92. The summed E-state index contributed by atoms with van der Waals surface area (Å²) in [6.45, 7) is 7.21. The lowest BCUT2D eigenvalue weighted by atomic mass is 10.1. The molecule has 108 valence electrons. The number of nitrogens with one attached hydrogen (secondary N) is 2. The molecule has 2 N–H and O–H groups in total. The lowest BCUT2D eigenvalue weighted by Crippen LogP contribution is -2.35. The molecular weight excluding hydrogens is 260 g/mol. The Morgan fingerprint density at radius 1 is 1.10 bits per heavy atom. The fourth-order valence-corrected chi connectivity index (χ4v) is 2.24. The first kappa shape index (κ1) is 13.8. The molecule has 4 nitrogen and oxygen atoms in total. The molecule has 0 saturated heterocycles. The molecular formula is C17H20N4. The summed E-state index contributed by atoms with van der Waals surface area (Å²) >= 11 is 0. The van der Waals surface area contributed by atoms with Crippen LogP contribution in [-0.2, 0) is 6.54 Å². The van der Waals surface area contributed by atoms with Crippen molar-refractivity contribution in [2.75, 3.05) is 0 Å². The molecule has 0 amide bonds. The van der Waals surface area contributed by atoms with Crippen LogP contribution in [0, 0.1) is 0 Å². The molecule has 3 aromatic rings. The van der Waals surface area contributed by atoms with E-state index in [0.29, 0.717) is 0 Å². The fraction of sp³-hybridized carbons (Fsp3) is 0.294. The Morgan fingerprint density at radius 3 is 2.71 bits per heavy atom. The summed E-state index contributed by atoms with van der Waals surface area (Å²) in [4.78, 5) is 12.3. The number of imidazole rings is 1. The highest BCUT2D eigenvalue weighted by Crippen LogP contribution is 2.24. The summed E-state index contributed by atoms with van der Waals surface area (Å²) in [5.41, 5.74) is 2.05. The van der Waals surface area contributed by atoms with Crippen LogP contribution >= 0.6 is 0 Å². The third-order valence-corrected chi connectivity index (χ3v) is 3.34. The third-order valence-electron chi connectivity index (χ3n) is 3.34. The normalized spacial score (nSPS) is 12.0. The van der Waals surface area contributed by atoms with Gasteiger partial charge in [0.2, 0.25) is 0 Å². The molecule has 1 aromatic carbocycles. The molecule has 0 fully saturated rings. The van der Waals surface area contributed by atoms with Gasteiger partial charge in [0.25, 0.3) is 0 Å². The molecule has 21 heavy (non-hydrogen) atoms. The number of pyridine rings is 1. The van der Waals surface area contributed by atoms with Gasteiger partial charge in [-0.1, -0.05) is 24.3 Å². The molecule has 0 unspecified atom stereocenters. The molecule has 0 radical (unpaired) electrons. The van der Waals surface area contributed by atoms with Crippen molar-refractivity contribution in [3.63, 3.8) is 0 Å². The largest absolute Gasteiger partial charge is 0.339 e. The summed E-state index contributed by atoms with van der Waals surface area (Å²) in [5.74, 6) is 0.817. The molecule has 0 aliphatic rings. The van der Waals surface area contributed by atoms with Crippen LogP contribution in [0.4, 0.5) is 0 Å². The topological polar surface area (TPSA) is 53.6 Å². The Kier molecular flexibility index (Phi) is 3.47. The van der Waals surface area contributed by atoms with E-state index in [0.717, 1.165) is 29.1 Å². The first-order chi connectivity index (χ1) is 10.0. The maximum Gasteiger partial charge on any atom is 0.156 e. The van der Waals surface area contributed by atoms with Crippen molar-refractivity contribution in [2.24, 2.45) is 0 Å². The van der Waals surface area contributed by atoms with Crippen LogP contribution in [0.1, 0.15) is 26.5 Å². The standard InChI is InChI=1S/C17H20N4/c1-17(2,3)20-11-13-10-19-16(21-13)15-14-7-5-4-6-12(14)8-9-18-15/h4-10,20H,11H2,1-3H3,(H,19,21). The summed E-state index contributed by atoms with van der Waals surface area (Å²) in [7, 11) is 0. The number of aromatic amines is 1.